The average Bonchev–Trinajstić information content (AvgIpc) is 2.49. The number of hydrogen-bond donors (Lipinski definition) is 1. The van der Waals surface area contributed by atoms with Crippen molar-refractivity contribution < 1.29 is 4.79 Å². The average molecular weight is 346 g/mol. The first kappa shape index (κ1) is 18.0. The van der Waals surface area contributed by atoms with E-state index in [1.165, 1.54) is 64.2 Å². The van der Waals surface area contributed by atoms with Crippen molar-refractivity contribution in [3.05, 3.63) is 0 Å². The summed E-state index contributed by atoms with van der Waals surface area (Å²) < 4.78 is 0. The highest BCUT2D eigenvalue weighted by Crippen LogP contribution is 2.37. The quantitative estimate of drug-likeness (QED) is 0.428. The van der Waals surface area contributed by atoms with Crippen LogP contribution in [0, 0.1) is 5.41 Å². The van der Waals surface area contributed by atoms with Gasteiger partial charge in [-0.1, -0.05) is 74.2 Å². The minimum atomic E-state index is 0.256. The smallest absolute Gasteiger partial charge is 0.220 e. The summed E-state index contributed by atoms with van der Waals surface area (Å²) in [6, 6.07) is 0. The van der Waals surface area contributed by atoms with E-state index in [9.17, 15) is 4.79 Å². The summed E-state index contributed by atoms with van der Waals surface area (Å²) in [7, 11) is 0. The van der Waals surface area contributed by atoms with Gasteiger partial charge in [0.2, 0.25) is 5.91 Å². The van der Waals surface area contributed by atoms with E-state index in [0.29, 0.717) is 11.8 Å². The minimum Gasteiger partial charge on any atom is -0.356 e. The third kappa shape index (κ3) is 7.10. The molecular weight excluding hydrogens is 314 g/mol. The second-order valence-electron chi connectivity index (χ2n) is 6.49. The van der Waals surface area contributed by atoms with Gasteiger partial charge in [0.1, 0.15) is 0 Å². The van der Waals surface area contributed by atoms with Crippen LogP contribution < -0.4 is 5.32 Å². The molecule has 0 aliphatic heterocycles. The Morgan fingerprint density at radius 3 is 2.35 bits per heavy atom. The highest BCUT2D eigenvalue weighted by atomic mass is 79.9. The molecule has 0 atom stereocenters. The Morgan fingerprint density at radius 1 is 1.05 bits per heavy atom. The molecule has 1 aliphatic rings. The summed E-state index contributed by atoms with van der Waals surface area (Å²) in [4.78, 5) is 11.9. The number of nitrogens with one attached hydrogen (secondary N) is 1. The molecule has 1 N–H and O–H groups in total. The summed E-state index contributed by atoms with van der Waals surface area (Å²) in [6.45, 7) is 3.10. The van der Waals surface area contributed by atoms with Crippen LogP contribution in [0.1, 0.15) is 84.0 Å². The van der Waals surface area contributed by atoms with E-state index in [1.54, 1.807) is 0 Å². The van der Waals surface area contributed by atoms with Gasteiger partial charge >= 0.3 is 0 Å². The van der Waals surface area contributed by atoms with Crippen LogP contribution in [-0.4, -0.2) is 17.8 Å². The van der Waals surface area contributed by atoms with Crippen molar-refractivity contribution in [3.8, 4) is 0 Å². The molecule has 2 nitrogen and oxygen atoms in total. The van der Waals surface area contributed by atoms with E-state index < -0.39 is 0 Å². The Balaban J connectivity index is 2.09. The van der Waals surface area contributed by atoms with Gasteiger partial charge in [-0.05, 0) is 24.7 Å². The Morgan fingerprint density at radius 2 is 1.70 bits per heavy atom. The number of unbranched alkanes of at least 4 members (excludes halogenated alkanes) is 5. The minimum absolute atomic E-state index is 0.256. The first-order valence-corrected chi connectivity index (χ1v) is 9.67. The van der Waals surface area contributed by atoms with E-state index in [1.807, 2.05) is 0 Å². The molecule has 0 unspecified atom stereocenters. The zero-order valence-corrected chi connectivity index (χ0v) is 14.8. The van der Waals surface area contributed by atoms with Gasteiger partial charge in [-0.15, -0.1) is 0 Å². The lowest BCUT2D eigenvalue weighted by atomic mass is 9.75. The van der Waals surface area contributed by atoms with Crippen LogP contribution in [0.4, 0.5) is 0 Å². The molecule has 0 heterocycles. The Kier molecular flexibility index (Phi) is 9.58. The second-order valence-corrected chi connectivity index (χ2v) is 7.05. The summed E-state index contributed by atoms with van der Waals surface area (Å²) in [5, 5.41) is 4.20. The zero-order chi connectivity index (χ0) is 14.7. The van der Waals surface area contributed by atoms with Crippen LogP contribution >= 0.6 is 15.9 Å². The van der Waals surface area contributed by atoms with Crippen molar-refractivity contribution in [2.45, 2.75) is 84.0 Å². The first-order chi connectivity index (χ1) is 9.72. The highest BCUT2D eigenvalue weighted by molar-refractivity contribution is 9.09. The molecule has 0 bridgehead atoms. The predicted octanol–water partition coefficient (Wildman–Crippen LogP) is 5.20. The molecule has 0 radical (unpaired) electrons. The van der Waals surface area contributed by atoms with Gasteiger partial charge < -0.3 is 5.32 Å². The molecule has 0 aromatic rings. The van der Waals surface area contributed by atoms with Crippen molar-refractivity contribution >= 4 is 21.8 Å². The van der Waals surface area contributed by atoms with Crippen molar-refractivity contribution in [3.63, 3.8) is 0 Å². The third-order valence-electron chi connectivity index (χ3n) is 4.62. The van der Waals surface area contributed by atoms with E-state index >= 15 is 0 Å². The SMILES string of the molecule is CCCCCCCCC(=O)NCC1(CBr)CCCCC1. The normalized spacial score (nSPS) is 17.9. The molecule has 0 aromatic carbocycles. The topological polar surface area (TPSA) is 29.1 Å². The molecule has 3 heteroatoms. The fraction of sp³-hybridized carbons (Fsp3) is 0.941. The Bertz CT molecular complexity index is 262. The van der Waals surface area contributed by atoms with Crippen LogP contribution in [-0.2, 0) is 4.79 Å². The van der Waals surface area contributed by atoms with Crippen LogP contribution in [0.25, 0.3) is 0 Å². The largest absolute Gasteiger partial charge is 0.356 e. The summed E-state index contributed by atoms with van der Waals surface area (Å²) in [6.07, 6.45) is 14.7. The number of carbonyl (C=O) groups is 1. The van der Waals surface area contributed by atoms with Gasteiger partial charge in [0.05, 0.1) is 0 Å². The van der Waals surface area contributed by atoms with E-state index in [2.05, 4.69) is 28.2 Å². The van der Waals surface area contributed by atoms with Gasteiger partial charge in [-0.25, -0.2) is 0 Å². The monoisotopic (exact) mass is 345 g/mol. The van der Waals surface area contributed by atoms with Crippen molar-refractivity contribution in [2.24, 2.45) is 5.41 Å². The maximum Gasteiger partial charge on any atom is 0.220 e. The highest BCUT2D eigenvalue weighted by Gasteiger charge is 2.31. The number of alkyl halides is 1. The summed E-state index contributed by atoms with van der Waals surface area (Å²) in [5.41, 5.74) is 0.328. The molecular formula is C17H32BrNO. The fourth-order valence-electron chi connectivity index (χ4n) is 3.10. The summed E-state index contributed by atoms with van der Waals surface area (Å²) >= 11 is 3.65. The Labute approximate surface area is 133 Å². The molecule has 1 amide bonds. The molecule has 1 saturated carbocycles. The van der Waals surface area contributed by atoms with Crippen LogP contribution in [0.2, 0.25) is 0 Å². The van der Waals surface area contributed by atoms with Crippen LogP contribution in [0.5, 0.6) is 0 Å². The zero-order valence-electron chi connectivity index (χ0n) is 13.2. The lowest BCUT2D eigenvalue weighted by Crippen LogP contribution is -2.40. The second kappa shape index (κ2) is 10.6. The van der Waals surface area contributed by atoms with Gasteiger partial charge in [-0.3, -0.25) is 4.79 Å². The molecule has 1 fully saturated rings. The van der Waals surface area contributed by atoms with Crippen molar-refractivity contribution in [1.29, 1.82) is 0 Å². The number of amides is 1. The molecule has 0 saturated heterocycles. The van der Waals surface area contributed by atoms with Gasteiger partial charge in [0, 0.05) is 18.3 Å². The molecule has 20 heavy (non-hydrogen) atoms. The maximum atomic E-state index is 11.9. The maximum absolute atomic E-state index is 11.9. The summed E-state index contributed by atoms with van der Waals surface area (Å²) in [5.74, 6) is 0.256. The molecule has 0 spiro atoms. The number of hydrogen-bond acceptors (Lipinski definition) is 1. The van der Waals surface area contributed by atoms with Gasteiger partial charge in [-0.2, -0.15) is 0 Å². The Hall–Kier alpha value is -0.0500. The standard InChI is InChI=1S/C17H32BrNO/c1-2-3-4-5-6-8-11-16(20)19-15-17(14-18)12-9-7-10-13-17/h2-15H2,1H3,(H,19,20). The lowest BCUT2D eigenvalue weighted by molar-refractivity contribution is -0.121. The van der Waals surface area contributed by atoms with Crippen molar-refractivity contribution in [2.75, 3.05) is 11.9 Å². The van der Waals surface area contributed by atoms with Crippen LogP contribution in [0.15, 0.2) is 0 Å². The van der Waals surface area contributed by atoms with E-state index in [4.69, 9.17) is 0 Å². The predicted molar refractivity (Wildman–Crippen MR) is 90.3 cm³/mol. The third-order valence-corrected chi connectivity index (χ3v) is 5.81. The first-order valence-electron chi connectivity index (χ1n) is 8.55. The van der Waals surface area contributed by atoms with Crippen LogP contribution in [0.3, 0.4) is 0 Å². The molecule has 1 rings (SSSR count). The molecule has 0 aromatic heterocycles. The number of rotatable bonds is 10. The van der Waals surface area contributed by atoms with Crippen molar-refractivity contribution in [1.82, 2.24) is 5.32 Å². The van der Waals surface area contributed by atoms with Gasteiger partial charge in [0.15, 0.2) is 0 Å². The van der Waals surface area contributed by atoms with Gasteiger partial charge in [0.25, 0.3) is 0 Å². The molecule has 118 valence electrons. The lowest BCUT2D eigenvalue weighted by Gasteiger charge is -2.35. The molecule has 1 aliphatic carbocycles. The fourth-order valence-corrected chi connectivity index (χ4v) is 3.86. The van der Waals surface area contributed by atoms with E-state index in [0.717, 1.165) is 18.3 Å². The number of halogens is 1. The van der Waals surface area contributed by atoms with E-state index in [-0.39, 0.29) is 5.91 Å². The number of carbonyl (C=O) groups excluding carboxylic acids is 1.